The van der Waals surface area contributed by atoms with Crippen LogP contribution in [-0.2, 0) is 4.74 Å². The molecule has 5 heteroatoms. The standard InChI is InChI=1S/C13H13N3O2/c14-7-10-2-1-3-11(6-10)16-9-13(18-12(16)17)4-5-15-8-13/h1-3,6,15H,4-5,8-9H2. The lowest BCUT2D eigenvalue weighted by Gasteiger charge is -2.19. The highest BCUT2D eigenvalue weighted by Gasteiger charge is 2.47. The lowest BCUT2D eigenvalue weighted by molar-refractivity contribution is 0.0733. The first-order valence-corrected chi connectivity index (χ1v) is 5.94. The van der Waals surface area contributed by atoms with Crippen molar-refractivity contribution in [1.82, 2.24) is 5.32 Å². The maximum absolute atomic E-state index is 11.9. The summed E-state index contributed by atoms with van der Waals surface area (Å²) in [5, 5.41) is 12.1. The summed E-state index contributed by atoms with van der Waals surface area (Å²) >= 11 is 0. The minimum atomic E-state index is -0.389. The van der Waals surface area contributed by atoms with Crippen molar-refractivity contribution in [2.75, 3.05) is 24.5 Å². The van der Waals surface area contributed by atoms with Crippen LogP contribution in [0.5, 0.6) is 0 Å². The molecule has 1 atom stereocenters. The number of nitrogens with one attached hydrogen (secondary N) is 1. The molecule has 1 aromatic rings. The van der Waals surface area contributed by atoms with Crippen molar-refractivity contribution in [3.05, 3.63) is 29.8 Å². The van der Waals surface area contributed by atoms with Crippen LogP contribution in [0.3, 0.4) is 0 Å². The molecule has 2 heterocycles. The fourth-order valence-corrected chi connectivity index (χ4v) is 2.51. The number of benzene rings is 1. The van der Waals surface area contributed by atoms with Gasteiger partial charge in [-0.15, -0.1) is 0 Å². The number of nitriles is 1. The minimum Gasteiger partial charge on any atom is -0.439 e. The summed E-state index contributed by atoms with van der Waals surface area (Å²) in [4.78, 5) is 13.5. The van der Waals surface area contributed by atoms with Gasteiger partial charge in [0, 0.05) is 18.7 Å². The van der Waals surface area contributed by atoms with Crippen molar-refractivity contribution in [1.29, 1.82) is 5.26 Å². The molecule has 1 unspecified atom stereocenters. The van der Waals surface area contributed by atoms with E-state index in [2.05, 4.69) is 11.4 Å². The highest BCUT2D eigenvalue weighted by atomic mass is 16.6. The van der Waals surface area contributed by atoms with Gasteiger partial charge < -0.3 is 10.1 Å². The molecule has 92 valence electrons. The van der Waals surface area contributed by atoms with E-state index in [1.807, 2.05) is 6.07 Å². The minimum absolute atomic E-state index is 0.325. The van der Waals surface area contributed by atoms with Crippen molar-refractivity contribution >= 4 is 11.8 Å². The number of hydrogen-bond acceptors (Lipinski definition) is 4. The van der Waals surface area contributed by atoms with Crippen LogP contribution in [0.2, 0.25) is 0 Å². The first kappa shape index (κ1) is 11.1. The first-order chi connectivity index (χ1) is 8.72. The van der Waals surface area contributed by atoms with Gasteiger partial charge in [0.25, 0.3) is 0 Å². The second-order valence-electron chi connectivity index (χ2n) is 4.73. The molecule has 0 aromatic heterocycles. The lowest BCUT2D eigenvalue weighted by Crippen LogP contribution is -2.36. The fourth-order valence-electron chi connectivity index (χ4n) is 2.51. The van der Waals surface area contributed by atoms with Gasteiger partial charge in [0.15, 0.2) is 0 Å². The molecule has 1 aromatic carbocycles. The molecule has 1 N–H and O–H groups in total. The van der Waals surface area contributed by atoms with Crippen LogP contribution in [0, 0.1) is 11.3 Å². The number of anilines is 1. The van der Waals surface area contributed by atoms with Crippen LogP contribution in [0.4, 0.5) is 10.5 Å². The van der Waals surface area contributed by atoms with E-state index >= 15 is 0 Å². The Bertz CT molecular complexity index is 529. The Morgan fingerprint density at radius 2 is 2.39 bits per heavy atom. The van der Waals surface area contributed by atoms with Crippen LogP contribution in [0.15, 0.2) is 24.3 Å². The maximum Gasteiger partial charge on any atom is 0.415 e. The Balaban J connectivity index is 1.88. The van der Waals surface area contributed by atoms with Gasteiger partial charge >= 0.3 is 6.09 Å². The zero-order valence-corrected chi connectivity index (χ0v) is 9.85. The molecule has 3 rings (SSSR count). The van der Waals surface area contributed by atoms with Gasteiger partial charge in [-0.1, -0.05) is 6.07 Å². The SMILES string of the molecule is N#Cc1cccc(N2CC3(CCNC3)OC2=O)c1. The molecule has 0 bridgehead atoms. The third kappa shape index (κ3) is 1.71. The van der Waals surface area contributed by atoms with Crippen molar-refractivity contribution in [3.63, 3.8) is 0 Å². The van der Waals surface area contributed by atoms with Gasteiger partial charge in [0.1, 0.15) is 5.60 Å². The Morgan fingerprint density at radius 3 is 3.11 bits per heavy atom. The topological polar surface area (TPSA) is 65.4 Å². The molecule has 2 aliphatic rings. The molecule has 1 amide bonds. The van der Waals surface area contributed by atoms with E-state index in [0.29, 0.717) is 18.7 Å². The molecular formula is C13H13N3O2. The van der Waals surface area contributed by atoms with Gasteiger partial charge in [0.05, 0.1) is 18.2 Å². The summed E-state index contributed by atoms with van der Waals surface area (Å²) in [6, 6.07) is 9.11. The Hall–Kier alpha value is -2.06. The van der Waals surface area contributed by atoms with Crippen LogP contribution in [0.1, 0.15) is 12.0 Å². The van der Waals surface area contributed by atoms with Crippen LogP contribution in [-0.4, -0.2) is 31.3 Å². The van der Waals surface area contributed by atoms with Gasteiger partial charge in [-0.2, -0.15) is 5.26 Å². The molecule has 0 aliphatic carbocycles. The fraction of sp³-hybridized carbons (Fsp3) is 0.385. The molecule has 5 nitrogen and oxygen atoms in total. The summed E-state index contributed by atoms with van der Waals surface area (Å²) in [5.74, 6) is 0. The van der Waals surface area contributed by atoms with Gasteiger partial charge in [-0.05, 0) is 24.7 Å². The van der Waals surface area contributed by atoms with E-state index in [9.17, 15) is 4.79 Å². The van der Waals surface area contributed by atoms with E-state index in [-0.39, 0.29) is 11.7 Å². The average molecular weight is 243 g/mol. The lowest BCUT2D eigenvalue weighted by atomic mass is 10.0. The van der Waals surface area contributed by atoms with Crippen molar-refractivity contribution in [3.8, 4) is 6.07 Å². The van der Waals surface area contributed by atoms with Crippen LogP contribution >= 0.6 is 0 Å². The molecule has 0 radical (unpaired) electrons. The Kier molecular flexibility index (Phi) is 2.46. The van der Waals surface area contributed by atoms with E-state index in [1.165, 1.54) is 0 Å². The quantitative estimate of drug-likeness (QED) is 0.806. The predicted octanol–water partition coefficient (Wildman–Crippen LogP) is 1.25. The third-order valence-electron chi connectivity index (χ3n) is 3.46. The zero-order valence-electron chi connectivity index (χ0n) is 9.85. The van der Waals surface area contributed by atoms with Crippen LogP contribution in [0.25, 0.3) is 0 Å². The molecule has 18 heavy (non-hydrogen) atoms. The summed E-state index contributed by atoms with van der Waals surface area (Å²) < 4.78 is 5.49. The summed E-state index contributed by atoms with van der Waals surface area (Å²) in [6.07, 6.45) is 0.515. The van der Waals surface area contributed by atoms with Crippen molar-refractivity contribution in [2.24, 2.45) is 0 Å². The smallest absolute Gasteiger partial charge is 0.415 e. The van der Waals surface area contributed by atoms with E-state index in [0.717, 1.165) is 18.7 Å². The van der Waals surface area contributed by atoms with Gasteiger partial charge in [-0.25, -0.2) is 4.79 Å². The molecular weight excluding hydrogens is 230 g/mol. The number of nitrogens with zero attached hydrogens (tertiary/aromatic N) is 2. The first-order valence-electron chi connectivity index (χ1n) is 5.94. The number of carbonyl (C=O) groups excluding carboxylic acids is 1. The number of carbonyl (C=O) groups is 1. The molecule has 2 aliphatic heterocycles. The number of rotatable bonds is 1. The second kappa shape index (κ2) is 4.00. The normalized spacial score (nSPS) is 26.4. The predicted molar refractivity (Wildman–Crippen MR) is 65.2 cm³/mol. The average Bonchev–Trinajstić information content (AvgIpc) is 2.97. The second-order valence-corrected chi connectivity index (χ2v) is 4.73. The third-order valence-corrected chi connectivity index (χ3v) is 3.46. The van der Waals surface area contributed by atoms with Crippen molar-refractivity contribution in [2.45, 2.75) is 12.0 Å². The molecule has 0 saturated carbocycles. The van der Waals surface area contributed by atoms with Gasteiger partial charge in [0.2, 0.25) is 0 Å². The van der Waals surface area contributed by atoms with Crippen molar-refractivity contribution < 1.29 is 9.53 Å². The highest BCUT2D eigenvalue weighted by molar-refractivity contribution is 5.90. The molecule has 2 saturated heterocycles. The largest absolute Gasteiger partial charge is 0.439 e. The number of ether oxygens (including phenoxy) is 1. The zero-order chi connectivity index (χ0) is 12.6. The Morgan fingerprint density at radius 1 is 1.50 bits per heavy atom. The molecule has 2 fully saturated rings. The van der Waals surface area contributed by atoms with Crippen LogP contribution < -0.4 is 10.2 Å². The number of hydrogen-bond donors (Lipinski definition) is 1. The Labute approximate surface area is 105 Å². The maximum atomic E-state index is 11.9. The van der Waals surface area contributed by atoms with Gasteiger partial charge in [-0.3, -0.25) is 4.90 Å². The molecule has 1 spiro atoms. The van der Waals surface area contributed by atoms with E-state index < -0.39 is 0 Å². The monoisotopic (exact) mass is 243 g/mol. The summed E-state index contributed by atoms with van der Waals surface area (Å²) in [5.41, 5.74) is 0.883. The summed E-state index contributed by atoms with van der Waals surface area (Å²) in [6.45, 7) is 2.13. The van der Waals surface area contributed by atoms with E-state index in [4.69, 9.17) is 10.00 Å². The number of amides is 1. The highest BCUT2D eigenvalue weighted by Crippen LogP contribution is 2.32. The summed E-state index contributed by atoms with van der Waals surface area (Å²) in [7, 11) is 0. The van der Waals surface area contributed by atoms with E-state index in [1.54, 1.807) is 23.1 Å².